The highest BCUT2D eigenvalue weighted by molar-refractivity contribution is 6.04. The molecule has 2 atom stereocenters. The van der Waals surface area contributed by atoms with Gasteiger partial charge in [-0.05, 0) is 49.2 Å². The molecule has 1 saturated heterocycles. The van der Waals surface area contributed by atoms with Gasteiger partial charge in [0.15, 0.2) is 5.78 Å². The van der Waals surface area contributed by atoms with Crippen molar-refractivity contribution in [2.45, 2.75) is 25.0 Å². The van der Waals surface area contributed by atoms with Gasteiger partial charge in [-0.2, -0.15) is 0 Å². The predicted octanol–water partition coefficient (Wildman–Crippen LogP) is 1.44. The van der Waals surface area contributed by atoms with Gasteiger partial charge in [-0.3, -0.25) is 10.1 Å². The van der Waals surface area contributed by atoms with Crippen LogP contribution in [0.25, 0.3) is 0 Å². The van der Waals surface area contributed by atoms with Crippen LogP contribution in [0.3, 0.4) is 0 Å². The lowest BCUT2D eigenvalue weighted by Gasteiger charge is -2.21. The number of hydrogen-bond acceptors (Lipinski definition) is 7. The number of benzene rings is 2. The van der Waals surface area contributed by atoms with E-state index in [1.54, 1.807) is 0 Å². The van der Waals surface area contributed by atoms with Gasteiger partial charge in [-0.1, -0.05) is 0 Å². The molecule has 9 heteroatoms. The van der Waals surface area contributed by atoms with Gasteiger partial charge >= 0.3 is 6.03 Å². The third-order valence-electron chi connectivity index (χ3n) is 4.41. The molecular weight excluding hydrogens is 366 g/mol. The van der Waals surface area contributed by atoms with Crippen molar-refractivity contribution in [3.8, 4) is 23.0 Å². The molecule has 9 nitrogen and oxygen atoms in total. The van der Waals surface area contributed by atoms with Crippen molar-refractivity contribution in [1.29, 1.82) is 0 Å². The van der Waals surface area contributed by atoms with E-state index in [1.165, 1.54) is 24.3 Å². The molecule has 1 heterocycles. The van der Waals surface area contributed by atoms with E-state index in [-0.39, 0.29) is 34.5 Å². The Hall–Kier alpha value is -3.46. The fraction of sp³-hybridized carbons (Fsp3) is 0.263. The monoisotopic (exact) mass is 387 g/mol. The fourth-order valence-electron chi connectivity index (χ4n) is 3.11. The number of rotatable bonds is 5. The molecule has 0 unspecified atom stereocenters. The van der Waals surface area contributed by atoms with Crippen LogP contribution in [0.1, 0.15) is 34.8 Å². The van der Waals surface area contributed by atoms with Crippen LogP contribution in [0.4, 0.5) is 4.79 Å². The third-order valence-corrected chi connectivity index (χ3v) is 4.41. The van der Waals surface area contributed by atoms with Gasteiger partial charge in [0.05, 0.1) is 11.7 Å². The van der Waals surface area contributed by atoms with E-state index in [0.29, 0.717) is 0 Å². The Balaban J connectivity index is 1.91. The topological polar surface area (TPSA) is 151 Å². The second-order valence-corrected chi connectivity index (χ2v) is 6.55. The number of ketones is 1. The van der Waals surface area contributed by atoms with Crippen molar-refractivity contribution in [3.63, 3.8) is 0 Å². The quantitative estimate of drug-likeness (QED) is 0.384. The van der Waals surface area contributed by atoms with Gasteiger partial charge in [-0.15, -0.1) is 0 Å². The first-order valence-electron chi connectivity index (χ1n) is 8.73. The molecule has 0 radical (unpaired) electrons. The second kappa shape index (κ2) is 8.05. The van der Waals surface area contributed by atoms with E-state index < -0.39 is 23.6 Å². The van der Waals surface area contributed by atoms with Gasteiger partial charge < -0.3 is 31.1 Å². The number of nitrogens with one attached hydrogen (secondary N) is 3. The average molecular weight is 387 g/mol. The summed E-state index contributed by atoms with van der Waals surface area (Å²) in [4.78, 5) is 25.4. The van der Waals surface area contributed by atoms with Crippen molar-refractivity contribution in [2.75, 3.05) is 6.54 Å². The minimum Gasteiger partial charge on any atom is -0.508 e. The van der Waals surface area contributed by atoms with E-state index in [0.717, 1.165) is 31.5 Å². The minimum atomic E-state index is -1.30. The van der Waals surface area contributed by atoms with Gasteiger partial charge in [0, 0.05) is 12.1 Å². The van der Waals surface area contributed by atoms with Crippen LogP contribution in [0, 0.1) is 0 Å². The van der Waals surface area contributed by atoms with E-state index in [4.69, 9.17) is 0 Å². The van der Waals surface area contributed by atoms with Gasteiger partial charge in [0.2, 0.25) is 0 Å². The summed E-state index contributed by atoms with van der Waals surface area (Å²) in [6, 6.07) is 5.08. The molecule has 1 aliphatic heterocycles. The lowest BCUT2D eigenvalue weighted by Crippen LogP contribution is -2.48. The number of phenolic OH excluding ortho intramolecular Hbond substituents is 4. The molecule has 148 valence electrons. The predicted molar refractivity (Wildman–Crippen MR) is 99.3 cm³/mol. The van der Waals surface area contributed by atoms with Gasteiger partial charge in [-0.25, -0.2) is 4.79 Å². The number of carbonyl (C=O) groups is 2. The normalized spacial score (nSPS) is 17.1. The number of carbonyl (C=O) groups excluding carboxylic acids is 2. The van der Waals surface area contributed by atoms with Crippen molar-refractivity contribution >= 4 is 11.8 Å². The third kappa shape index (κ3) is 4.44. The Labute approximate surface area is 160 Å². The molecule has 0 aromatic heterocycles. The molecule has 1 fully saturated rings. The van der Waals surface area contributed by atoms with Gasteiger partial charge in [0.1, 0.15) is 29.0 Å². The molecule has 0 spiro atoms. The number of aromatic hydroxyl groups is 4. The Bertz CT molecular complexity index is 875. The Morgan fingerprint density at radius 2 is 1.71 bits per heavy atom. The maximum atomic E-state index is 13.0. The molecular formula is C19H21N3O6. The molecule has 7 N–H and O–H groups in total. The molecule has 3 rings (SSSR count). The zero-order valence-electron chi connectivity index (χ0n) is 14.8. The van der Waals surface area contributed by atoms with Crippen LogP contribution in [0.2, 0.25) is 0 Å². The number of amides is 2. The highest BCUT2D eigenvalue weighted by Crippen LogP contribution is 2.30. The number of phenols is 4. The maximum Gasteiger partial charge on any atom is 0.316 e. The SMILES string of the molecule is O=C(N[C@H]1CCCN1)N[C@@H](C(=O)c1ccc(O)cc1O)c1cc(O)cc(O)c1. The van der Waals surface area contributed by atoms with Gasteiger partial charge in [0.25, 0.3) is 0 Å². The molecule has 0 saturated carbocycles. The number of hydrogen-bond donors (Lipinski definition) is 7. The van der Waals surface area contributed by atoms with Crippen molar-refractivity contribution in [1.82, 2.24) is 16.0 Å². The van der Waals surface area contributed by atoms with Crippen molar-refractivity contribution in [3.05, 3.63) is 47.5 Å². The second-order valence-electron chi connectivity index (χ2n) is 6.55. The fourth-order valence-corrected chi connectivity index (χ4v) is 3.11. The summed E-state index contributed by atoms with van der Waals surface area (Å²) in [5, 5.41) is 47.3. The summed E-state index contributed by atoms with van der Waals surface area (Å²) in [7, 11) is 0. The summed E-state index contributed by atoms with van der Waals surface area (Å²) in [5.41, 5.74) is -0.00516. The molecule has 1 aliphatic rings. The molecule has 0 aliphatic carbocycles. The van der Waals surface area contributed by atoms with Crippen LogP contribution in [-0.2, 0) is 0 Å². The van der Waals surface area contributed by atoms with Crippen molar-refractivity contribution in [2.24, 2.45) is 0 Å². The number of Topliss-reactive ketones (excluding diaryl/α,β-unsaturated/α-hetero) is 1. The zero-order chi connectivity index (χ0) is 20.3. The first-order valence-corrected chi connectivity index (χ1v) is 8.73. The lowest BCUT2D eigenvalue weighted by molar-refractivity contribution is 0.0942. The molecule has 2 aromatic carbocycles. The summed E-state index contributed by atoms with van der Waals surface area (Å²) >= 11 is 0. The van der Waals surface area contributed by atoms with Crippen LogP contribution < -0.4 is 16.0 Å². The van der Waals surface area contributed by atoms with Crippen LogP contribution in [0.15, 0.2) is 36.4 Å². The van der Waals surface area contributed by atoms with Crippen LogP contribution in [0.5, 0.6) is 23.0 Å². The van der Waals surface area contributed by atoms with E-state index in [1.807, 2.05) is 0 Å². The summed E-state index contributed by atoms with van der Waals surface area (Å²) in [6.07, 6.45) is 1.43. The zero-order valence-corrected chi connectivity index (χ0v) is 14.8. The first kappa shape index (κ1) is 19.3. The largest absolute Gasteiger partial charge is 0.508 e. The highest BCUT2D eigenvalue weighted by Gasteiger charge is 2.28. The standard InChI is InChI=1S/C19H21N3O6/c23-11-3-4-14(15(26)9-11)18(27)17(10-6-12(24)8-13(25)7-10)22-19(28)21-16-2-1-5-20-16/h3-4,6-9,16-17,20,23-26H,1-2,5H2,(H2,21,22,28)/t16-,17+/m0/s1. The van der Waals surface area contributed by atoms with Crippen molar-refractivity contribution < 1.29 is 30.0 Å². The maximum absolute atomic E-state index is 13.0. The first-order chi connectivity index (χ1) is 13.3. The summed E-state index contributed by atoms with van der Waals surface area (Å²) in [6.45, 7) is 0.773. The van der Waals surface area contributed by atoms with E-state index in [2.05, 4.69) is 16.0 Å². The van der Waals surface area contributed by atoms with Crippen LogP contribution >= 0.6 is 0 Å². The Morgan fingerprint density at radius 1 is 1.00 bits per heavy atom. The average Bonchev–Trinajstić information content (AvgIpc) is 3.11. The molecule has 2 amide bonds. The minimum absolute atomic E-state index is 0.129. The summed E-state index contributed by atoms with van der Waals surface area (Å²) < 4.78 is 0. The lowest BCUT2D eigenvalue weighted by atomic mass is 9.96. The molecule has 0 bridgehead atoms. The number of urea groups is 1. The van der Waals surface area contributed by atoms with E-state index in [9.17, 15) is 30.0 Å². The molecule has 28 heavy (non-hydrogen) atoms. The highest BCUT2D eigenvalue weighted by atomic mass is 16.3. The Kier molecular flexibility index (Phi) is 5.55. The molecule has 2 aromatic rings. The van der Waals surface area contributed by atoms with Crippen LogP contribution in [-0.4, -0.2) is 45.0 Å². The summed E-state index contributed by atoms with van der Waals surface area (Å²) in [5.74, 6) is -1.94. The Morgan fingerprint density at radius 3 is 2.32 bits per heavy atom. The smallest absolute Gasteiger partial charge is 0.316 e. The van der Waals surface area contributed by atoms with E-state index >= 15 is 0 Å².